The average molecular weight is 286 g/mol. The summed E-state index contributed by atoms with van der Waals surface area (Å²) in [6.45, 7) is 12.3. The molecule has 0 heterocycles. The molecule has 0 fully saturated rings. The molecular weight excluding hydrogens is 254 g/mol. The maximum atomic E-state index is 9.56. The third-order valence-corrected chi connectivity index (χ3v) is 1.69. The van der Waals surface area contributed by atoms with E-state index < -0.39 is 22.4 Å². The van der Waals surface area contributed by atoms with Crippen molar-refractivity contribution in [3.8, 4) is 0 Å². The van der Waals surface area contributed by atoms with E-state index in [2.05, 4.69) is 39.5 Å². The van der Waals surface area contributed by atoms with E-state index in [1.807, 2.05) is 0 Å². The van der Waals surface area contributed by atoms with Gasteiger partial charge in [-0.15, -0.1) is 0 Å². The van der Waals surface area contributed by atoms with E-state index >= 15 is 0 Å². The molecule has 0 aliphatic heterocycles. The van der Waals surface area contributed by atoms with Crippen LogP contribution in [0.5, 0.6) is 0 Å². The predicted molar refractivity (Wildman–Crippen MR) is 82.6 cm³/mol. The first-order chi connectivity index (χ1) is 7.56. The van der Waals surface area contributed by atoms with Crippen molar-refractivity contribution in [2.75, 3.05) is 31.6 Å². The van der Waals surface area contributed by atoms with E-state index in [0.717, 1.165) is 6.54 Å². The molecule has 0 bridgehead atoms. The van der Waals surface area contributed by atoms with Gasteiger partial charge in [0.2, 0.25) is 0 Å². The van der Waals surface area contributed by atoms with Crippen molar-refractivity contribution in [2.24, 2.45) is 0 Å². The van der Waals surface area contributed by atoms with Crippen molar-refractivity contribution in [1.82, 2.24) is 4.90 Å². The van der Waals surface area contributed by atoms with Gasteiger partial charge in [0.15, 0.2) is 0 Å². The van der Waals surface area contributed by atoms with Gasteiger partial charge in [0.1, 0.15) is 0 Å². The Labute approximate surface area is 115 Å². The Morgan fingerprint density at radius 2 is 1.00 bits per heavy atom. The Kier molecular flexibility index (Phi) is 19.6. The third kappa shape index (κ3) is 31.5. The minimum absolute atomic E-state index is 0.611. The van der Waals surface area contributed by atoms with E-state index in [4.69, 9.17) is 0 Å². The van der Waals surface area contributed by atoms with Crippen LogP contribution in [0.2, 0.25) is 0 Å². The molecule has 0 spiro atoms. The van der Waals surface area contributed by atoms with Crippen molar-refractivity contribution < 1.29 is 9.11 Å². The molecule has 0 aromatic rings. The summed E-state index contributed by atoms with van der Waals surface area (Å²) < 4.78 is 19.1. The van der Waals surface area contributed by atoms with Crippen molar-refractivity contribution in [2.45, 2.75) is 46.7 Å². The van der Waals surface area contributed by atoms with Crippen LogP contribution in [-0.4, -0.2) is 57.7 Å². The predicted octanol–water partition coefficient (Wildman–Crippen LogP) is 2.11. The standard InChI is InChI=1S/C8H19N.2C2H6OS/c1-6-9(7(2)3)8(4)5;2*1-4(2)3/h7-8H,6H2,1-5H3;2*1-2H3. The molecule has 0 saturated heterocycles. The van der Waals surface area contributed by atoms with E-state index in [0.29, 0.717) is 12.1 Å². The molecule has 0 aromatic heterocycles. The van der Waals surface area contributed by atoms with E-state index in [1.54, 1.807) is 25.0 Å². The fourth-order valence-corrected chi connectivity index (χ4v) is 1.33. The Morgan fingerprint density at radius 1 is 0.824 bits per heavy atom. The molecule has 17 heavy (non-hydrogen) atoms. The van der Waals surface area contributed by atoms with Gasteiger partial charge >= 0.3 is 0 Å². The second kappa shape index (κ2) is 14.6. The Hall–Kier alpha value is 0.580. The van der Waals surface area contributed by atoms with Gasteiger partial charge in [-0.25, -0.2) is 0 Å². The molecule has 0 radical (unpaired) electrons. The van der Waals surface area contributed by atoms with Gasteiger partial charge in [0, 0.05) is 12.1 Å². The quantitative estimate of drug-likeness (QED) is 0.746. The molecule has 0 aromatic carbocycles. The summed E-state index contributed by atoms with van der Waals surface area (Å²) in [6.07, 6.45) is 6.56. The van der Waals surface area contributed by atoms with Crippen LogP contribution in [0, 0.1) is 0 Å². The number of rotatable bonds is 3. The lowest BCUT2D eigenvalue weighted by molar-refractivity contribution is 0.185. The van der Waals surface area contributed by atoms with Gasteiger partial charge in [0.25, 0.3) is 0 Å². The van der Waals surface area contributed by atoms with Crippen LogP contribution in [0.1, 0.15) is 34.6 Å². The molecule has 0 saturated carbocycles. The molecule has 0 unspecified atom stereocenters. The molecule has 3 nitrogen and oxygen atoms in total. The lowest BCUT2D eigenvalue weighted by Gasteiger charge is -2.28. The Morgan fingerprint density at radius 3 is 1.00 bits per heavy atom. The van der Waals surface area contributed by atoms with Crippen LogP contribution in [0.15, 0.2) is 0 Å². The summed E-state index contributed by atoms with van der Waals surface area (Å²) in [5.74, 6) is 0. The van der Waals surface area contributed by atoms with E-state index in [1.165, 1.54) is 0 Å². The maximum Gasteiger partial charge on any atom is 0.0946 e. The zero-order valence-corrected chi connectivity index (χ0v) is 14.6. The first kappa shape index (κ1) is 22.7. The average Bonchev–Trinajstić information content (AvgIpc) is 2.00. The molecular formula is C12H31NO2S2. The maximum absolute atomic E-state index is 9.56. The van der Waals surface area contributed by atoms with E-state index in [-0.39, 0.29) is 0 Å². The molecule has 5 heteroatoms. The molecule has 0 rings (SSSR count). The summed E-state index contributed by atoms with van der Waals surface area (Å²) in [6, 6.07) is 1.38. The second-order valence-corrected chi connectivity index (χ2v) is 7.47. The number of nitrogens with zero attached hydrogens (tertiary/aromatic N) is 1. The molecule has 0 aliphatic carbocycles. The van der Waals surface area contributed by atoms with Crippen LogP contribution in [0.25, 0.3) is 0 Å². The van der Waals surface area contributed by atoms with Gasteiger partial charge in [0.05, 0.1) is 25.0 Å². The lowest BCUT2D eigenvalue weighted by atomic mass is 10.2. The first-order valence-corrected chi connectivity index (χ1v) is 9.75. The molecule has 0 atom stereocenters. The highest BCUT2D eigenvalue weighted by atomic mass is 32.2. The van der Waals surface area contributed by atoms with Crippen molar-refractivity contribution in [1.29, 1.82) is 0 Å². The third-order valence-electron chi connectivity index (χ3n) is 1.69. The zero-order valence-electron chi connectivity index (χ0n) is 12.9. The molecule has 0 aliphatic rings. The van der Waals surface area contributed by atoms with Crippen LogP contribution in [-0.2, 0) is 22.4 Å². The summed E-state index contributed by atoms with van der Waals surface area (Å²) in [4.78, 5) is 2.46. The zero-order chi connectivity index (χ0) is 14.6. The summed E-state index contributed by atoms with van der Waals surface area (Å²) >= 11 is -1.22. The fraction of sp³-hybridized carbons (Fsp3) is 1.00. The lowest BCUT2D eigenvalue weighted by Crippen LogP contribution is -2.36. The Balaban J connectivity index is -0.000000205. The van der Waals surface area contributed by atoms with Crippen LogP contribution >= 0.6 is 0 Å². The molecule has 0 N–H and O–H groups in total. The largest absolute Gasteiger partial charge is 0.617 e. The smallest absolute Gasteiger partial charge is 0.0946 e. The van der Waals surface area contributed by atoms with Crippen LogP contribution < -0.4 is 0 Å². The minimum atomic E-state index is -0.611. The van der Waals surface area contributed by atoms with Crippen molar-refractivity contribution in [3.63, 3.8) is 0 Å². The highest BCUT2D eigenvalue weighted by Gasteiger charge is 2.08. The number of hydrogen-bond acceptors (Lipinski definition) is 3. The van der Waals surface area contributed by atoms with E-state index in [9.17, 15) is 9.11 Å². The minimum Gasteiger partial charge on any atom is -0.617 e. The normalized spacial score (nSPS) is 10.6. The fourth-order valence-electron chi connectivity index (χ4n) is 1.33. The molecule has 0 amide bonds. The van der Waals surface area contributed by atoms with Crippen LogP contribution in [0.3, 0.4) is 0 Å². The summed E-state index contributed by atoms with van der Waals surface area (Å²) in [5.41, 5.74) is 0. The summed E-state index contributed by atoms with van der Waals surface area (Å²) in [7, 11) is 0. The van der Waals surface area contributed by atoms with Crippen LogP contribution in [0.4, 0.5) is 0 Å². The van der Waals surface area contributed by atoms with Gasteiger partial charge in [-0.2, -0.15) is 0 Å². The second-order valence-electron chi connectivity index (χ2n) is 4.50. The Bertz CT molecular complexity index is 123. The van der Waals surface area contributed by atoms with Crippen molar-refractivity contribution in [3.05, 3.63) is 0 Å². The SMILES string of the molecule is CCN(C(C)C)C(C)C.C[S+](C)[O-].C[S+](C)[O-]. The monoisotopic (exact) mass is 285 g/mol. The highest BCUT2D eigenvalue weighted by Crippen LogP contribution is 2.02. The van der Waals surface area contributed by atoms with Crippen molar-refractivity contribution >= 4 is 22.4 Å². The van der Waals surface area contributed by atoms with Gasteiger partial charge in [-0.05, 0) is 34.2 Å². The summed E-state index contributed by atoms with van der Waals surface area (Å²) in [5, 5.41) is 0. The van der Waals surface area contributed by atoms with Gasteiger partial charge < -0.3 is 9.11 Å². The highest BCUT2D eigenvalue weighted by molar-refractivity contribution is 7.90. The number of hydrogen-bond donors (Lipinski definition) is 0. The first-order valence-electron chi connectivity index (χ1n) is 5.82. The molecule has 108 valence electrons. The van der Waals surface area contributed by atoms with Gasteiger partial charge in [-0.3, -0.25) is 4.90 Å². The van der Waals surface area contributed by atoms with Gasteiger partial charge in [-0.1, -0.05) is 29.3 Å². The topological polar surface area (TPSA) is 49.4 Å².